The fourth-order valence-corrected chi connectivity index (χ4v) is 0. The molecule has 0 rings (SSSR count). The quantitative estimate of drug-likeness (QED) is 0.279. The van der Waals surface area contributed by atoms with Crippen LogP contribution in [0.3, 0.4) is 0 Å². The molecule has 0 N–H and O–H groups in total. The van der Waals surface area contributed by atoms with Gasteiger partial charge in [-0.05, 0) is 0 Å². The second kappa shape index (κ2) is 7.59. The van der Waals surface area contributed by atoms with Crippen molar-refractivity contribution in [3.05, 3.63) is 0 Å². The van der Waals surface area contributed by atoms with E-state index in [-0.39, 0.29) is 17.1 Å². The average Bonchev–Trinajstić information content (AvgIpc) is 0.811. The van der Waals surface area contributed by atoms with Crippen LogP contribution >= 0.6 is 54.1 Å². The normalized spacial score (nSPS) is 7.20. The van der Waals surface area contributed by atoms with Gasteiger partial charge in [0, 0.05) is 17.1 Å². The molecule has 0 aliphatic carbocycles. The van der Waals surface area contributed by atoms with Gasteiger partial charge in [-0.1, -0.05) is 0 Å². The zero-order valence-electron chi connectivity index (χ0n) is 1.88. The third-order valence-corrected chi connectivity index (χ3v) is 0. The molecule has 0 spiro atoms. The molecule has 0 aromatic heterocycles. The first-order valence-electron chi connectivity index (χ1n) is 0.507. The van der Waals surface area contributed by atoms with E-state index in [2.05, 4.69) is 54.1 Å². The molecule has 5 heteroatoms. The molecule has 1 radical (unpaired) electrons. The van der Waals surface area contributed by atoms with Crippen LogP contribution in [0.1, 0.15) is 0 Å². The fourth-order valence-electron chi connectivity index (χ4n) is 0. The zero-order chi connectivity index (χ0) is 3.58. The van der Waals surface area contributed by atoms with Crippen LogP contribution in [-0.2, 0) is 17.1 Å². The Morgan fingerprint density at radius 1 is 1.00 bits per heavy atom. The van der Waals surface area contributed by atoms with E-state index in [9.17, 15) is 0 Å². The molecule has 37 valence electrons. The van der Waals surface area contributed by atoms with Crippen molar-refractivity contribution in [2.24, 2.45) is 0 Å². The van der Waals surface area contributed by atoms with Crippen molar-refractivity contribution >= 4 is 63.3 Å². The summed E-state index contributed by atoms with van der Waals surface area (Å²) in [5, 5.41) is 0. The molecule has 0 aliphatic heterocycles. The van der Waals surface area contributed by atoms with Gasteiger partial charge in [-0.2, -0.15) is 0 Å². The monoisotopic (exact) mass is 653 g/mol. The second-order valence-corrected chi connectivity index (χ2v) is 75.7. The predicted octanol–water partition coefficient (Wildman–Crippen LogP) is 2.27. The Bertz CT molecular complexity index is 11.6. The molecule has 0 aromatic rings. The Balaban J connectivity index is 0. The van der Waals surface area contributed by atoms with Gasteiger partial charge in [0.05, 0.1) is 0 Å². The summed E-state index contributed by atoms with van der Waals surface area (Å²) in [5.41, 5.74) is 0. The SMILES string of the molecule is [Cu].[I][Bi]([I])[I]. The summed E-state index contributed by atoms with van der Waals surface area (Å²) in [6, 6.07) is 0. The summed E-state index contributed by atoms with van der Waals surface area (Å²) >= 11 is 7.56. The summed E-state index contributed by atoms with van der Waals surface area (Å²) in [5.74, 6) is 0. The topological polar surface area (TPSA) is 0 Å². The van der Waals surface area contributed by atoms with Crippen molar-refractivity contribution in [1.82, 2.24) is 0 Å². The first kappa shape index (κ1) is 11.4. The van der Waals surface area contributed by atoms with E-state index in [0.717, 1.165) is 0 Å². The first-order valence-corrected chi connectivity index (χ1v) is 29.8. The van der Waals surface area contributed by atoms with Crippen LogP contribution in [0.25, 0.3) is 0 Å². The summed E-state index contributed by atoms with van der Waals surface area (Å²) in [7, 11) is -0.683. The number of hydrogen-bond donors (Lipinski definition) is 0. The molecule has 0 saturated heterocycles. The van der Waals surface area contributed by atoms with Crippen molar-refractivity contribution in [2.45, 2.75) is 0 Å². The van der Waals surface area contributed by atoms with Gasteiger partial charge in [0.1, 0.15) is 0 Å². The molecule has 0 saturated carbocycles. The van der Waals surface area contributed by atoms with E-state index in [0.29, 0.717) is 0 Å². The van der Waals surface area contributed by atoms with Crippen LogP contribution in [0, 0.1) is 0 Å². The number of hydrogen-bond acceptors (Lipinski definition) is 0. The molecule has 0 aromatic carbocycles. The summed E-state index contributed by atoms with van der Waals surface area (Å²) in [6.07, 6.45) is 0. The molecule has 0 bridgehead atoms. The third-order valence-electron chi connectivity index (χ3n) is 0. The molecular formula is BiCuI3. The van der Waals surface area contributed by atoms with Crippen molar-refractivity contribution in [3.8, 4) is 0 Å². The fraction of sp³-hybridized carbons (Fsp3) is 0. The van der Waals surface area contributed by atoms with Crippen molar-refractivity contribution < 1.29 is 17.1 Å². The van der Waals surface area contributed by atoms with Gasteiger partial charge in [0.15, 0.2) is 0 Å². The van der Waals surface area contributed by atoms with E-state index in [1.807, 2.05) is 0 Å². The number of rotatable bonds is 0. The van der Waals surface area contributed by atoms with Crippen LogP contribution in [-0.4, -0.2) is 9.18 Å². The van der Waals surface area contributed by atoms with Gasteiger partial charge in [-0.3, -0.25) is 0 Å². The molecule has 0 amide bonds. The first-order chi connectivity index (χ1) is 1.73. The zero-order valence-corrected chi connectivity index (χ0v) is 12.8. The van der Waals surface area contributed by atoms with Gasteiger partial charge in [0.25, 0.3) is 0 Å². The molecule has 5 heavy (non-hydrogen) atoms. The standard InChI is InChI=1S/Bi.Cu.3HI/h;;3*1H/q+3;;;;/p-3. The molecule has 0 atom stereocenters. The molecule has 0 aliphatic rings. The molecule has 0 fully saturated rings. The second-order valence-electron chi connectivity index (χ2n) is 0.192. The Hall–Kier alpha value is 3.59. The minimum atomic E-state index is -0.683. The van der Waals surface area contributed by atoms with Gasteiger partial charge in [-0.15, -0.1) is 0 Å². The maximum atomic E-state index is 2.52. The van der Waals surface area contributed by atoms with Crippen molar-refractivity contribution in [3.63, 3.8) is 0 Å². The van der Waals surface area contributed by atoms with E-state index < -0.39 is 9.18 Å². The van der Waals surface area contributed by atoms with Gasteiger partial charge in [-0.25, -0.2) is 0 Å². The van der Waals surface area contributed by atoms with E-state index >= 15 is 0 Å². The summed E-state index contributed by atoms with van der Waals surface area (Å²) < 4.78 is 0. The Morgan fingerprint density at radius 3 is 1.00 bits per heavy atom. The van der Waals surface area contributed by atoms with Crippen LogP contribution < -0.4 is 0 Å². The summed E-state index contributed by atoms with van der Waals surface area (Å²) in [6.45, 7) is 0. The van der Waals surface area contributed by atoms with Crippen LogP contribution in [0.5, 0.6) is 0 Å². The average molecular weight is 653 g/mol. The maximum absolute atomic E-state index is 2.52. The Labute approximate surface area is 77.8 Å². The van der Waals surface area contributed by atoms with Gasteiger partial charge >= 0.3 is 63.3 Å². The third kappa shape index (κ3) is 18.4. The van der Waals surface area contributed by atoms with Crippen LogP contribution in [0.2, 0.25) is 0 Å². The Kier molecular flexibility index (Phi) is 17.3. The molecular weight excluding hydrogens is 653 g/mol. The van der Waals surface area contributed by atoms with Crippen LogP contribution in [0.15, 0.2) is 0 Å². The van der Waals surface area contributed by atoms with E-state index in [4.69, 9.17) is 0 Å². The predicted molar refractivity (Wildman–Crippen MR) is 47.8 cm³/mol. The van der Waals surface area contributed by atoms with Gasteiger partial charge < -0.3 is 0 Å². The van der Waals surface area contributed by atoms with E-state index in [1.165, 1.54) is 0 Å². The van der Waals surface area contributed by atoms with E-state index in [1.54, 1.807) is 0 Å². The minimum absolute atomic E-state index is 0. The summed E-state index contributed by atoms with van der Waals surface area (Å²) in [4.78, 5) is 0. The molecule has 0 heterocycles. The number of halogens is 3. The van der Waals surface area contributed by atoms with Crippen molar-refractivity contribution in [2.75, 3.05) is 0 Å². The Morgan fingerprint density at radius 2 is 1.00 bits per heavy atom. The van der Waals surface area contributed by atoms with Gasteiger partial charge in [0.2, 0.25) is 0 Å². The van der Waals surface area contributed by atoms with Crippen molar-refractivity contribution in [1.29, 1.82) is 0 Å². The molecule has 0 nitrogen and oxygen atoms in total. The molecule has 0 unspecified atom stereocenters. The van der Waals surface area contributed by atoms with Crippen LogP contribution in [0.4, 0.5) is 0 Å².